The van der Waals surface area contributed by atoms with E-state index in [2.05, 4.69) is 5.10 Å². The van der Waals surface area contributed by atoms with E-state index in [9.17, 15) is 13.6 Å². The third-order valence-electron chi connectivity index (χ3n) is 5.89. The Balaban J connectivity index is 1.55. The zero-order chi connectivity index (χ0) is 24.5. The van der Waals surface area contributed by atoms with Gasteiger partial charge in [-0.1, -0.05) is 17.7 Å². The molecule has 8 heteroatoms. The van der Waals surface area contributed by atoms with E-state index in [0.29, 0.717) is 39.2 Å². The number of benzene rings is 3. The van der Waals surface area contributed by atoms with E-state index in [0.717, 1.165) is 12.8 Å². The average molecular weight is 494 g/mol. The number of amides is 1. The summed E-state index contributed by atoms with van der Waals surface area (Å²) in [5.41, 5.74) is 2.49. The summed E-state index contributed by atoms with van der Waals surface area (Å²) in [6.07, 6.45) is 1.77. The molecule has 35 heavy (non-hydrogen) atoms. The van der Waals surface area contributed by atoms with E-state index in [-0.39, 0.29) is 18.5 Å². The molecule has 1 fully saturated rings. The van der Waals surface area contributed by atoms with Gasteiger partial charge < -0.3 is 9.64 Å². The van der Waals surface area contributed by atoms with Crippen LogP contribution in [0.5, 0.6) is 11.6 Å². The second-order valence-corrected chi connectivity index (χ2v) is 8.92. The summed E-state index contributed by atoms with van der Waals surface area (Å²) in [6.45, 7) is 2.08. The Kier molecular flexibility index (Phi) is 6.26. The molecule has 178 valence electrons. The number of aromatic nitrogens is 2. The van der Waals surface area contributed by atoms with Gasteiger partial charge in [-0.2, -0.15) is 5.10 Å². The van der Waals surface area contributed by atoms with Gasteiger partial charge in [0, 0.05) is 22.7 Å². The van der Waals surface area contributed by atoms with Gasteiger partial charge in [0.15, 0.2) is 0 Å². The summed E-state index contributed by atoms with van der Waals surface area (Å²) in [4.78, 5) is 15.1. The Bertz CT molecular complexity index is 1370. The van der Waals surface area contributed by atoms with E-state index in [1.807, 2.05) is 6.92 Å². The molecule has 1 aliphatic carbocycles. The van der Waals surface area contributed by atoms with Crippen molar-refractivity contribution in [2.75, 3.05) is 0 Å². The highest BCUT2D eigenvalue weighted by Gasteiger charge is 2.35. The molecule has 4 aromatic rings. The van der Waals surface area contributed by atoms with Crippen LogP contribution in [-0.4, -0.2) is 26.6 Å². The van der Waals surface area contributed by atoms with Crippen molar-refractivity contribution in [3.05, 3.63) is 106 Å². The number of ether oxygens (including phenoxy) is 1. The topological polar surface area (TPSA) is 47.4 Å². The zero-order valence-corrected chi connectivity index (χ0v) is 19.7. The van der Waals surface area contributed by atoms with Gasteiger partial charge in [-0.05, 0) is 80.4 Å². The highest BCUT2D eigenvalue weighted by molar-refractivity contribution is 6.30. The van der Waals surface area contributed by atoms with Crippen LogP contribution in [0.3, 0.4) is 0 Å². The predicted molar refractivity (Wildman–Crippen MR) is 129 cm³/mol. The lowest BCUT2D eigenvalue weighted by atomic mass is 10.1. The molecular weight excluding hydrogens is 472 g/mol. The monoisotopic (exact) mass is 493 g/mol. The van der Waals surface area contributed by atoms with Gasteiger partial charge in [0.25, 0.3) is 5.91 Å². The number of carbonyl (C=O) groups is 1. The van der Waals surface area contributed by atoms with Crippen molar-refractivity contribution < 1.29 is 18.3 Å². The Morgan fingerprint density at radius 1 is 1.06 bits per heavy atom. The number of hydrogen-bond acceptors (Lipinski definition) is 3. The van der Waals surface area contributed by atoms with Crippen LogP contribution < -0.4 is 4.74 Å². The lowest BCUT2D eigenvalue weighted by molar-refractivity contribution is 0.0728. The van der Waals surface area contributed by atoms with Crippen molar-refractivity contribution in [3.8, 4) is 17.3 Å². The first-order valence-electron chi connectivity index (χ1n) is 11.2. The van der Waals surface area contributed by atoms with E-state index < -0.39 is 11.6 Å². The molecule has 1 heterocycles. The molecule has 0 saturated heterocycles. The molecule has 5 rings (SSSR count). The second-order valence-electron chi connectivity index (χ2n) is 8.49. The van der Waals surface area contributed by atoms with Gasteiger partial charge >= 0.3 is 0 Å². The first kappa shape index (κ1) is 23.1. The van der Waals surface area contributed by atoms with E-state index >= 15 is 0 Å². The Morgan fingerprint density at radius 3 is 2.43 bits per heavy atom. The van der Waals surface area contributed by atoms with Gasteiger partial charge in [-0.15, -0.1) is 0 Å². The SMILES string of the molecule is Cc1nn(-c2ccc(Cl)cc2)c(Oc2cccc(F)c2)c1CN(C(=O)c1ccc(F)cc1)C1CC1. The molecule has 0 radical (unpaired) electrons. The fourth-order valence-electron chi connectivity index (χ4n) is 3.91. The van der Waals surface area contributed by atoms with Crippen molar-refractivity contribution in [2.24, 2.45) is 0 Å². The van der Waals surface area contributed by atoms with Gasteiger partial charge in [-0.3, -0.25) is 4.79 Å². The van der Waals surface area contributed by atoms with Crippen LogP contribution in [0.4, 0.5) is 8.78 Å². The van der Waals surface area contributed by atoms with Crippen LogP contribution in [0.2, 0.25) is 5.02 Å². The van der Waals surface area contributed by atoms with E-state index in [1.165, 1.54) is 36.4 Å². The van der Waals surface area contributed by atoms with Crippen molar-refractivity contribution in [2.45, 2.75) is 32.4 Å². The maximum atomic E-state index is 13.9. The summed E-state index contributed by atoms with van der Waals surface area (Å²) >= 11 is 6.07. The number of carbonyl (C=O) groups excluding carboxylic acids is 1. The van der Waals surface area contributed by atoms with Gasteiger partial charge in [0.1, 0.15) is 17.4 Å². The summed E-state index contributed by atoms with van der Waals surface area (Å²) in [7, 11) is 0. The van der Waals surface area contributed by atoms with Crippen molar-refractivity contribution >= 4 is 17.5 Å². The quantitative estimate of drug-likeness (QED) is 0.287. The van der Waals surface area contributed by atoms with Crippen LogP contribution in [0.15, 0.2) is 72.8 Å². The molecule has 1 saturated carbocycles. The molecule has 1 aliphatic rings. The maximum absolute atomic E-state index is 13.9. The summed E-state index contributed by atoms with van der Waals surface area (Å²) < 4.78 is 35.1. The standard InChI is InChI=1S/C27H22ClF2N3O2/c1-17-25(16-32(22-13-14-22)26(34)18-5-9-20(29)10-6-18)27(35-24-4-2-3-21(30)15-24)33(31-17)23-11-7-19(28)8-12-23/h2-12,15,22H,13-14,16H2,1H3. The molecule has 0 atom stereocenters. The molecule has 3 aromatic carbocycles. The number of aryl methyl sites for hydroxylation is 1. The predicted octanol–water partition coefficient (Wildman–Crippen LogP) is 6.71. The molecule has 0 N–H and O–H groups in total. The lowest BCUT2D eigenvalue weighted by Crippen LogP contribution is -2.32. The van der Waals surface area contributed by atoms with Gasteiger partial charge in [0.05, 0.1) is 23.5 Å². The fourth-order valence-corrected chi connectivity index (χ4v) is 4.03. The number of nitrogens with zero attached hydrogens (tertiary/aromatic N) is 3. The molecule has 5 nitrogen and oxygen atoms in total. The normalized spacial score (nSPS) is 13.0. The number of hydrogen-bond donors (Lipinski definition) is 0. The highest BCUT2D eigenvalue weighted by Crippen LogP contribution is 2.36. The molecule has 0 spiro atoms. The van der Waals surface area contributed by atoms with Crippen LogP contribution in [-0.2, 0) is 6.54 Å². The third-order valence-corrected chi connectivity index (χ3v) is 6.14. The average Bonchev–Trinajstić information content (AvgIpc) is 3.64. The minimum Gasteiger partial charge on any atom is -0.438 e. The second kappa shape index (κ2) is 9.50. The molecule has 1 amide bonds. The minimum absolute atomic E-state index is 0.0767. The summed E-state index contributed by atoms with van der Waals surface area (Å²) in [6, 6.07) is 18.6. The van der Waals surface area contributed by atoms with E-state index in [4.69, 9.17) is 16.3 Å². The smallest absolute Gasteiger partial charge is 0.254 e. The third kappa shape index (κ3) is 5.05. The maximum Gasteiger partial charge on any atom is 0.254 e. The fraction of sp³-hybridized carbons (Fsp3) is 0.185. The molecule has 1 aromatic heterocycles. The first-order valence-corrected chi connectivity index (χ1v) is 11.6. The largest absolute Gasteiger partial charge is 0.438 e. The molecule has 0 unspecified atom stereocenters. The minimum atomic E-state index is -0.426. The van der Waals surface area contributed by atoms with Gasteiger partial charge in [0.2, 0.25) is 5.88 Å². The highest BCUT2D eigenvalue weighted by atomic mass is 35.5. The van der Waals surface area contributed by atoms with E-state index in [1.54, 1.807) is 46.0 Å². The van der Waals surface area contributed by atoms with Crippen LogP contribution >= 0.6 is 11.6 Å². The van der Waals surface area contributed by atoms with Crippen LogP contribution in [0, 0.1) is 18.6 Å². The lowest BCUT2D eigenvalue weighted by Gasteiger charge is -2.23. The Hall–Kier alpha value is -3.71. The molecular formula is C27H22ClF2N3O2. The van der Waals surface area contributed by atoms with Crippen LogP contribution in [0.1, 0.15) is 34.5 Å². The van der Waals surface area contributed by atoms with Crippen LogP contribution in [0.25, 0.3) is 5.69 Å². The molecule has 0 bridgehead atoms. The summed E-state index contributed by atoms with van der Waals surface area (Å²) in [5, 5.41) is 5.25. The first-order chi connectivity index (χ1) is 16.9. The van der Waals surface area contributed by atoms with Crippen molar-refractivity contribution in [1.29, 1.82) is 0 Å². The zero-order valence-electron chi connectivity index (χ0n) is 18.9. The Morgan fingerprint density at radius 2 is 1.77 bits per heavy atom. The number of rotatable bonds is 7. The summed E-state index contributed by atoms with van der Waals surface area (Å²) in [5.74, 6) is -0.324. The number of halogens is 3. The molecule has 0 aliphatic heterocycles. The van der Waals surface area contributed by atoms with Gasteiger partial charge in [-0.25, -0.2) is 13.5 Å². The van der Waals surface area contributed by atoms with Crippen molar-refractivity contribution in [3.63, 3.8) is 0 Å². The van der Waals surface area contributed by atoms with Crippen molar-refractivity contribution in [1.82, 2.24) is 14.7 Å². The Labute approximate surface area is 206 Å².